The van der Waals surface area contributed by atoms with Crippen LogP contribution in [-0.4, -0.2) is 0 Å². The molecule has 0 radical (unpaired) electrons. The van der Waals surface area contributed by atoms with Crippen molar-refractivity contribution in [3.63, 3.8) is 0 Å². The minimum atomic E-state index is -4.71. The van der Waals surface area contributed by atoms with Crippen LogP contribution in [0.2, 0.25) is 0 Å². The molecular weight excluding hydrogens is 536 g/mol. The van der Waals surface area contributed by atoms with Gasteiger partial charge < -0.3 is 0 Å². The summed E-state index contributed by atoms with van der Waals surface area (Å²) in [5.74, 6) is -7.79. The second kappa shape index (κ2) is 10.4. The van der Waals surface area contributed by atoms with Crippen LogP contribution in [0.5, 0.6) is 0 Å². The highest BCUT2D eigenvalue weighted by Gasteiger charge is 2.59. The summed E-state index contributed by atoms with van der Waals surface area (Å²) < 4.78 is 98.3. The molecule has 0 N–H and O–H groups in total. The first-order valence-corrected chi connectivity index (χ1v) is 14.9. The van der Waals surface area contributed by atoms with E-state index in [0.717, 1.165) is 0 Å². The van der Waals surface area contributed by atoms with Crippen molar-refractivity contribution in [3.8, 4) is 0 Å². The third-order valence-corrected chi connectivity index (χ3v) is 12.3. The van der Waals surface area contributed by atoms with Crippen molar-refractivity contribution in [2.24, 2.45) is 0 Å². The fraction of sp³-hybridized carbons (Fsp3) is 0. The maximum atomic E-state index is 17.2. The molecule has 0 saturated carbocycles. The van der Waals surface area contributed by atoms with Crippen molar-refractivity contribution in [2.75, 3.05) is 0 Å². The minimum absolute atomic E-state index is 0.136. The van der Waals surface area contributed by atoms with Crippen molar-refractivity contribution < 1.29 is 26.0 Å². The Hall–Kier alpha value is -3.46. The summed E-state index contributed by atoms with van der Waals surface area (Å²) >= 11 is 0. The van der Waals surface area contributed by atoms with Gasteiger partial charge in [-0.1, -0.05) is 72.8 Å². The summed E-state index contributed by atoms with van der Waals surface area (Å²) in [6.45, 7) is 0. The van der Waals surface area contributed by atoms with Crippen molar-refractivity contribution in [3.05, 3.63) is 145 Å². The summed E-state index contributed by atoms with van der Waals surface area (Å²) in [6.07, 6.45) is 0. The first kappa shape index (κ1) is 26.2. The zero-order valence-corrected chi connectivity index (χ0v) is 21.5. The molecule has 190 valence electrons. The van der Waals surface area contributed by atoms with Crippen LogP contribution in [0.25, 0.3) is 0 Å². The monoisotopic (exact) mass is 556 g/mol. The third-order valence-electron chi connectivity index (χ3n) is 6.28. The average molecular weight is 556 g/mol. The maximum Gasteiger partial charge on any atom is 0.305 e. The van der Waals surface area contributed by atoms with Gasteiger partial charge in [-0.3, -0.25) is 0 Å². The van der Waals surface area contributed by atoms with Crippen molar-refractivity contribution in [1.29, 1.82) is 0 Å². The molecule has 0 nitrogen and oxygen atoms in total. The minimum Gasteiger partial charge on any atom is -0.199 e. The van der Waals surface area contributed by atoms with E-state index >= 15 is 26.0 Å². The van der Waals surface area contributed by atoms with Crippen molar-refractivity contribution >= 4 is 47.0 Å². The number of halogens is 6. The molecule has 0 aliphatic rings. The number of benzene rings is 5. The van der Waals surface area contributed by atoms with Crippen LogP contribution in [-0.2, 0) is 0 Å². The molecule has 5 aromatic rings. The lowest BCUT2D eigenvalue weighted by Gasteiger charge is -2.21. The second-order valence-electron chi connectivity index (χ2n) is 8.47. The predicted octanol–water partition coefficient (Wildman–Crippen LogP) is 6.60. The van der Waals surface area contributed by atoms with Crippen LogP contribution in [0, 0.1) is 23.3 Å². The molecule has 0 heterocycles. The van der Waals surface area contributed by atoms with E-state index in [1.165, 1.54) is 97.1 Å². The van der Waals surface area contributed by atoms with Gasteiger partial charge in [-0.25, -0.2) is 0 Å². The van der Waals surface area contributed by atoms with Crippen LogP contribution >= 0.6 is 15.1 Å². The Morgan fingerprint density at radius 3 is 0.684 bits per heavy atom. The Morgan fingerprint density at radius 2 is 0.500 bits per heavy atom. The number of hydrogen-bond donors (Lipinski definition) is 0. The molecule has 0 fully saturated rings. The molecule has 38 heavy (non-hydrogen) atoms. The topological polar surface area (TPSA) is 0 Å². The molecule has 5 rings (SSSR count). The normalized spacial score (nSPS) is 11.9. The Balaban J connectivity index is 1.86. The maximum absolute atomic E-state index is 17.2. The lowest BCUT2D eigenvalue weighted by Crippen LogP contribution is -2.40. The average Bonchev–Trinajstić information content (AvgIpc) is 2.98. The van der Waals surface area contributed by atoms with E-state index in [0.29, 0.717) is 0 Å². The lowest BCUT2D eigenvalue weighted by molar-refractivity contribution is 0.471. The molecule has 0 bridgehead atoms. The van der Waals surface area contributed by atoms with Gasteiger partial charge in [0.05, 0.1) is 0 Å². The Kier molecular flexibility index (Phi) is 7.13. The van der Waals surface area contributed by atoms with Crippen molar-refractivity contribution in [1.82, 2.24) is 0 Å². The molecule has 0 atom stereocenters. The molecule has 0 unspecified atom stereocenters. The van der Waals surface area contributed by atoms with Crippen LogP contribution < -0.4 is 31.8 Å². The molecule has 0 saturated heterocycles. The summed E-state index contributed by atoms with van der Waals surface area (Å²) in [5, 5.41) is -3.29. The third kappa shape index (κ3) is 4.13. The van der Waals surface area contributed by atoms with E-state index in [4.69, 9.17) is 0 Å². The largest absolute Gasteiger partial charge is 0.305 e. The van der Waals surface area contributed by atoms with E-state index < -0.39 is 49.0 Å². The second-order valence-corrected chi connectivity index (χ2v) is 13.8. The first-order valence-electron chi connectivity index (χ1n) is 11.6. The van der Waals surface area contributed by atoms with Crippen LogP contribution in [0.15, 0.2) is 121 Å². The Bertz CT molecular complexity index is 1340. The Labute approximate surface area is 217 Å². The fourth-order valence-electron chi connectivity index (χ4n) is 4.50. The molecule has 0 amide bonds. The summed E-state index contributed by atoms with van der Waals surface area (Å²) in [4.78, 5) is 0. The lowest BCUT2D eigenvalue weighted by atomic mass is 10.3. The SMILES string of the molecule is Fc1c(F)c([P+](F)(c2ccccc2)c2ccccc2)c(F)c(F)c1[P+](F)(c1ccccc1)c1ccccc1. The van der Waals surface area contributed by atoms with Gasteiger partial charge in [-0.05, 0) is 56.9 Å². The van der Waals surface area contributed by atoms with E-state index in [2.05, 4.69) is 0 Å². The van der Waals surface area contributed by atoms with E-state index in [1.807, 2.05) is 0 Å². The smallest absolute Gasteiger partial charge is 0.199 e. The number of hydrogen-bond acceptors (Lipinski definition) is 0. The van der Waals surface area contributed by atoms with Crippen molar-refractivity contribution in [2.45, 2.75) is 0 Å². The van der Waals surface area contributed by atoms with Crippen LogP contribution in [0.1, 0.15) is 0 Å². The fourth-order valence-corrected chi connectivity index (χ4v) is 9.93. The highest BCUT2D eigenvalue weighted by molar-refractivity contribution is 7.92. The molecule has 0 aliphatic carbocycles. The molecule has 8 heteroatoms. The van der Waals surface area contributed by atoms with Gasteiger partial charge in [0.1, 0.15) is 21.2 Å². The zero-order valence-electron chi connectivity index (χ0n) is 19.7. The highest BCUT2D eigenvalue weighted by Crippen LogP contribution is 2.61. The standard InChI is InChI=1S/C30H20F6P2/c31-25-27(33)30(38(36,23-17-9-3-10-18-23)24-19-11-4-12-20-24)28(34)26(32)29(25)37(35,21-13-5-1-6-14-21)22-15-7-2-8-16-22/h1-20H/q+2. The predicted molar refractivity (Wildman–Crippen MR) is 146 cm³/mol. The number of rotatable bonds is 6. The van der Waals surface area contributed by atoms with E-state index in [9.17, 15) is 0 Å². The molecule has 0 aliphatic heterocycles. The molecule has 0 aromatic heterocycles. The Morgan fingerprint density at radius 1 is 0.316 bits per heavy atom. The van der Waals surface area contributed by atoms with Gasteiger partial charge in [-0.2, -0.15) is 17.6 Å². The van der Waals surface area contributed by atoms with Gasteiger partial charge in [0, 0.05) is 0 Å². The van der Waals surface area contributed by atoms with E-state index in [-0.39, 0.29) is 21.2 Å². The van der Waals surface area contributed by atoms with Gasteiger partial charge in [0.2, 0.25) is 33.9 Å². The quantitative estimate of drug-likeness (QED) is 0.126. The van der Waals surface area contributed by atoms with Crippen LogP contribution in [0.3, 0.4) is 0 Å². The molecule has 0 spiro atoms. The van der Waals surface area contributed by atoms with Gasteiger partial charge in [0.15, 0.2) is 0 Å². The van der Waals surface area contributed by atoms with Crippen LogP contribution in [0.4, 0.5) is 26.0 Å². The molecule has 5 aromatic carbocycles. The molecular formula is C30H20F6P2+2. The summed E-state index contributed by atoms with van der Waals surface area (Å²) in [7, 11) is -9.42. The van der Waals surface area contributed by atoms with Gasteiger partial charge in [-0.15, -0.1) is 0 Å². The van der Waals surface area contributed by atoms with E-state index in [1.54, 1.807) is 24.3 Å². The zero-order chi connectivity index (χ0) is 26.9. The first-order chi connectivity index (χ1) is 18.3. The highest BCUT2D eigenvalue weighted by atomic mass is 31.2. The van der Waals surface area contributed by atoms with Gasteiger partial charge >= 0.3 is 15.1 Å². The summed E-state index contributed by atoms with van der Waals surface area (Å²) in [6, 6.07) is 28.5. The summed E-state index contributed by atoms with van der Waals surface area (Å²) in [5.41, 5.74) is 0. The van der Waals surface area contributed by atoms with Gasteiger partial charge in [0.25, 0.3) is 0 Å².